The van der Waals surface area contributed by atoms with Crippen molar-refractivity contribution < 1.29 is 0 Å². The summed E-state index contributed by atoms with van der Waals surface area (Å²) in [6.45, 7) is 31.9. The predicted octanol–water partition coefficient (Wildman–Crippen LogP) is 11.9. The highest BCUT2D eigenvalue weighted by Crippen LogP contribution is 2.27. The summed E-state index contributed by atoms with van der Waals surface area (Å²) in [5.74, 6) is 0. The summed E-state index contributed by atoms with van der Waals surface area (Å²) in [4.78, 5) is 4.30. The van der Waals surface area contributed by atoms with Gasteiger partial charge < -0.3 is 9.80 Å². The Labute approximate surface area is 267 Å². The van der Waals surface area contributed by atoms with Crippen molar-refractivity contribution in [3.8, 4) is 0 Å². The standard InChI is InChI=1S/C42H48N2/c1-11-19-27-40(25-14-4)43(42-29-22-21-23-30-42)36(10)32-33-37(16-6)35(9)31-34-39(18-8)44(38(17-7)24-13-3)41(26-15-5)28-20-12-2/h11-34H,1-2,4-6,8H2,3,7,9-10H3/b24-13-,27-19-,28-20-,35-31+,36-32+,37-33+,38-17+,39-34+,40-25+,41-26+. The first-order valence-electron chi connectivity index (χ1n) is 14.6. The second kappa shape index (κ2) is 21.4. The van der Waals surface area contributed by atoms with Crippen molar-refractivity contribution >= 4 is 5.69 Å². The monoisotopic (exact) mass is 580 g/mol. The molecule has 2 heteroatoms. The Morgan fingerprint density at radius 2 is 1.20 bits per heavy atom. The van der Waals surface area contributed by atoms with Gasteiger partial charge in [-0.1, -0.05) is 125 Å². The zero-order valence-electron chi connectivity index (χ0n) is 27.0. The average Bonchev–Trinajstić information content (AvgIpc) is 3.04. The molecule has 0 aliphatic carbocycles. The minimum Gasteiger partial charge on any atom is -0.315 e. The second-order valence-corrected chi connectivity index (χ2v) is 9.34. The van der Waals surface area contributed by atoms with Gasteiger partial charge in [0.05, 0.1) is 0 Å². The molecule has 0 radical (unpaired) electrons. The van der Waals surface area contributed by atoms with Crippen molar-refractivity contribution in [2.24, 2.45) is 0 Å². The third kappa shape index (κ3) is 11.5. The molecule has 0 fully saturated rings. The van der Waals surface area contributed by atoms with Crippen LogP contribution in [0.25, 0.3) is 0 Å². The molecular formula is C42H48N2. The molecule has 1 aromatic rings. The highest BCUT2D eigenvalue weighted by atomic mass is 15.2. The van der Waals surface area contributed by atoms with Gasteiger partial charge in [0.15, 0.2) is 0 Å². The molecule has 0 bridgehead atoms. The fourth-order valence-electron chi connectivity index (χ4n) is 4.22. The van der Waals surface area contributed by atoms with Crippen LogP contribution in [0.5, 0.6) is 0 Å². The Morgan fingerprint density at radius 3 is 1.73 bits per heavy atom. The minimum atomic E-state index is 0.899. The van der Waals surface area contributed by atoms with Gasteiger partial charge in [0.2, 0.25) is 0 Å². The molecule has 0 aliphatic heterocycles. The summed E-state index contributed by atoms with van der Waals surface area (Å²) in [6.07, 6.45) is 37.0. The van der Waals surface area contributed by atoms with Gasteiger partial charge in [-0.3, -0.25) is 0 Å². The van der Waals surface area contributed by atoms with E-state index in [1.165, 1.54) is 0 Å². The largest absolute Gasteiger partial charge is 0.315 e. The molecule has 226 valence electrons. The maximum Gasteiger partial charge on any atom is 0.0461 e. The van der Waals surface area contributed by atoms with Crippen LogP contribution in [0.15, 0.2) is 225 Å². The van der Waals surface area contributed by atoms with Crippen molar-refractivity contribution in [2.75, 3.05) is 4.90 Å². The number of allylic oxidation sites excluding steroid dienone is 22. The molecule has 0 heterocycles. The van der Waals surface area contributed by atoms with E-state index in [9.17, 15) is 0 Å². The number of para-hydroxylation sites is 1. The molecule has 0 spiro atoms. The van der Waals surface area contributed by atoms with Crippen LogP contribution in [-0.2, 0) is 0 Å². The van der Waals surface area contributed by atoms with Gasteiger partial charge in [0.25, 0.3) is 0 Å². The number of hydrogen-bond donors (Lipinski definition) is 0. The van der Waals surface area contributed by atoms with Gasteiger partial charge in [-0.05, 0) is 99.6 Å². The van der Waals surface area contributed by atoms with Gasteiger partial charge in [-0.15, -0.1) is 0 Å². The summed E-state index contributed by atoms with van der Waals surface area (Å²) in [7, 11) is 0. The fourth-order valence-corrected chi connectivity index (χ4v) is 4.22. The lowest BCUT2D eigenvalue weighted by Crippen LogP contribution is -2.19. The lowest BCUT2D eigenvalue weighted by atomic mass is 10.1. The van der Waals surface area contributed by atoms with E-state index < -0.39 is 0 Å². The molecule has 0 amide bonds. The van der Waals surface area contributed by atoms with Crippen LogP contribution in [0.4, 0.5) is 5.69 Å². The molecule has 0 unspecified atom stereocenters. The van der Waals surface area contributed by atoms with Gasteiger partial charge in [-0.25, -0.2) is 0 Å². The Hall–Kier alpha value is -5.34. The number of anilines is 1. The molecule has 44 heavy (non-hydrogen) atoms. The van der Waals surface area contributed by atoms with Crippen LogP contribution in [0.1, 0.15) is 27.7 Å². The smallest absolute Gasteiger partial charge is 0.0461 e. The van der Waals surface area contributed by atoms with E-state index >= 15 is 0 Å². The van der Waals surface area contributed by atoms with E-state index in [1.54, 1.807) is 24.3 Å². The molecule has 0 saturated heterocycles. The zero-order chi connectivity index (χ0) is 32.7. The Kier molecular flexibility index (Phi) is 17.8. The summed E-state index contributed by atoms with van der Waals surface area (Å²) >= 11 is 0. The molecule has 1 rings (SSSR count). The first kappa shape index (κ1) is 36.7. The quantitative estimate of drug-likeness (QED) is 0.159. The maximum absolute atomic E-state index is 4.12. The van der Waals surface area contributed by atoms with E-state index in [2.05, 4.69) is 112 Å². The van der Waals surface area contributed by atoms with Crippen LogP contribution in [0, 0.1) is 0 Å². The lowest BCUT2D eigenvalue weighted by molar-refractivity contribution is 0.577. The van der Waals surface area contributed by atoms with Crippen LogP contribution in [0.2, 0.25) is 0 Å². The first-order valence-corrected chi connectivity index (χ1v) is 14.6. The van der Waals surface area contributed by atoms with E-state index in [1.807, 2.05) is 86.7 Å². The van der Waals surface area contributed by atoms with Crippen molar-refractivity contribution in [1.82, 2.24) is 4.90 Å². The maximum atomic E-state index is 4.12. The van der Waals surface area contributed by atoms with Gasteiger partial charge in [0, 0.05) is 34.2 Å². The molecular weight excluding hydrogens is 532 g/mol. The molecule has 0 saturated carbocycles. The molecule has 0 aromatic heterocycles. The lowest BCUT2D eigenvalue weighted by Gasteiger charge is -2.28. The van der Waals surface area contributed by atoms with E-state index in [0.717, 1.165) is 45.3 Å². The third-order valence-electron chi connectivity index (χ3n) is 6.31. The van der Waals surface area contributed by atoms with Crippen molar-refractivity contribution in [1.29, 1.82) is 0 Å². The second-order valence-electron chi connectivity index (χ2n) is 9.34. The van der Waals surface area contributed by atoms with Gasteiger partial charge in [-0.2, -0.15) is 0 Å². The molecule has 1 aromatic carbocycles. The molecule has 2 nitrogen and oxygen atoms in total. The molecule has 0 N–H and O–H groups in total. The topological polar surface area (TPSA) is 6.48 Å². The van der Waals surface area contributed by atoms with E-state index in [0.29, 0.717) is 0 Å². The number of nitrogens with zero attached hydrogens (tertiary/aromatic N) is 2. The number of benzene rings is 1. The Morgan fingerprint density at radius 1 is 0.591 bits per heavy atom. The number of hydrogen-bond acceptors (Lipinski definition) is 2. The van der Waals surface area contributed by atoms with Crippen LogP contribution >= 0.6 is 0 Å². The SMILES string of the molecule is C=C/C=C\C(=C/C=C)N(/C(C=C)=C/C=C(C)/C(C=C)=C/C=C(\C)N(C(/C=C\C=C)=C/C=C)c1ccccc1)C(/C=C\C)=C/C. The van der Waals surface area contributed by atoms with Crippen LogP contribution in [0.3, 0.4) is 0 Å². The summed E-state index contributed by atoms with van der Waals surface area (Å²) < 4.78 is 0. The van der Waals surface area contributed by atoms with Gasteiger partial charge >= 0.3 is 0 Å². The van der Waals surface area contributed by atoms with Crippen LogP contribution < -0.4 is 4.90 Å². The van der Waals surface area contributed by atoms with Crippen molar-refractivity contribution in [2.45, 2.75) is 27.7 Å². The van der Waals surface area contributed by atoms with E-state index in [-0.39, 0.29) is 0 Å². The van der Waals surface area contributed by atoms with Crippen molar-refractivity contribution in [3.63, 3.8) is 0 Å². The third-order valence-corrected chi connectivity index (χ3v) is 6.31. The summed E-state index contributed by atoms with van der Waals surface area (Å²) in [5, 5.41) is 0. The normalized spacial score (nSPS) is 14.2. The Bertz CT molecular complexity index is 1470. The minimum absolute atomic E-state index is 0.899. The highest BCUT2D eigenvalue weighted by molar-refractivity contribution is 5.61. The van der Waals surface area contributed by atoms with Crippen molar-refractivity contribution in [3.05, 3.63) is 225 Å². The predicted molar refractivity (Wildman–Crippen MR) is 199 cm³/mol. The Balaban J connectivity index is 3.73. The average molecular weight is 581 g/mol. The highest BCUT2D eigenvalue weighted by Gasteiger charge is 2.14. The summed E-state index contributed by atoms with van der Waals surface area (Å²) in [6, 6.07) is 10.2. The molecule has 0 aliphatic rings. The van der Waals surface area contributed by atoms with Gasteiger partial charge in [0.1, 0.15) is 0 Å². The zero-order valence-corrected chi connectivity index (χ0v) is 27.0. The fraction of sp³-hybridized carbons (Fsp3) is 0.0952. The molecule has 0 atom stereocenters. The summed E-state index contributed by atoms with van der Waals surface area (Å²) in [5.41, 5.74) is 7.90. The number of rotatable bonds is 18. The van der Waals surface area contributed by atoms with E-state index in [4.69, 9.17) is 0 Å². The first-order chi connectivity index (χ1) is 21.4. The van der Waals surface area contributed by atoms with Crippen LogP contribution in [-0.4, -0.2) is 4.90 Å².